The van der Waals surface area contributed by atoms with E-state index >= 15 is 0 Å². The number of anilines is 1. The summed E-state index contributed by atoms with van der Waals surface area (Å²) in [6.07, 6.45) is 5.28. The van der Waals surface area contributed by atoms with Crippen LogP contribution in [0, 0.1) is 5.92 Å². The van der Waals surface area contributed by atoms with Crippen molar-refractivity contribution in [2.45, 2.75) is 24.9 Å². The van der Waals surface area contributed by atoms with Gasteiger partial charge in [-0.15, -0.1) is 0 Å². The second kappa shape index (κ2) is 8.11. The summed E-state index contributed by atoms with van der Waals surface area (Å²) in [5.74, 6) is 1.61. The van der Waals surface area contributed by atoms with Gasteiger partial charge in [0, 0.05) is 35.9 Å². The van der Waals surface area contributed by atoms with Gasteiger partial charge < -0.3 is 20.3 Å². The molecular weight excluding hydrogens is 392 g/mol. The molecule has 0 bridgehead atoms. The van der Waals surface area contributed by atoms with Crippen molar-refractivity contribution in [1.29, 1.82) is 0 Å². The Labute approximate surface area is 181 Å². The van der Waals surface area contributed by atoms with Crippen LogP contribution in [0.5, 0.6) is 5.75 Å². The molecule has 0 aliphatic carbocycles. The number of nitrogens with one attached hydrogen (secondary N) is 2. The number of amides is 1. The molecule has 0 saturated carbocycles. The van der Waals surface area contributed by atoms with Crippen molar-refractivity contribution < 1.29 is 9.53 Å². The smallest absolute Gasteiger partial charge is 0.242 e. The quantitative estimate of drug-likeness (QED) is 0.672. The normalized spacial score (nSPS) is 23.8. The van der Waals surface area contributed by atoms with Crippen LogP contribution in [0.15, 0.2) is 42.7 Å². The van der Waals surface area contributed by atoms with Crippen LogP contribution in [0.2, 0.25) is 0 Å². The molecule has 3 atom stereocenters. The Morgan fingerprint density at radius 1 is 1.23 bits per heavy atom. The zero-order chi connectivity index (χ0) is 21.4. The van der Waals surface area contributed by atoms with Crippen LogP contribution < -0.4 is 15.4 Å². The Bertz CT molecular complexity index is 1120. The van der Waals surface area contributed by atoms with Gasteiger partial charge in [0.2, 0.25) is 11.9 Å². The maximum absolute atomic E-state index is 12.7. The number of nitrogens with zero attached hydrogens (tertiary/aromatic N) is 4. The maximum Gasteiger partial charge on any atom is 0.242 e. The van der Waals surface area contributed by atoms with Gasteiger partial charge in [-0.25, -0.2) is 9.97 Å². The van der Waals surface area contributed by atoms with Crippen LogP contribution in [0.1, 0.15) is 12.8 Å². The van der Waals surface area contributed by atoms with E-state index in [1.807, 2.05) is 30.3 Å². The number of hydrogen-bond acceptors (Lipinski definition) is 7. The number of carbonyl (C=O) groups excluding carboxylic acids is 1. The van der Waals surface area contributed by atoms with E-state index in [0.29, 0.717) is 11.9 Å². The van der Waals surface area contributed by atoms with Gasteiger partial charge >= 0.3 is 0 Å². The number of likely N-dealkylation sites (tertiary alicyclic amines) is 1. The van der Waals surface area contributed by atoms with Gasteiger partial charge in [0.25, 0.3) is 0 Å². The van der Waals surface area contributed by atoms with Gasteiger partial charge in [0.15, 0.2) is 0 Å². The fourth-order valence-corrected chi connectivity index (χ4v) is 4.68. The molecule has 8 heteroatoms. The molecule has 3 aromatic rings. The Morgan fingerprint density at radius 2 is 2.10 bits per heavy atom. The van der Waals surface area contributed by atoms with Gasteiger partial charge in [-0.05, 0) is 50.6 Å². The standard InChI is InChI=1S/C23H26N6O2/c1-29-10-8-17-15(13-29)11-18(22(30)26-17)27-23-25-12-14-7-9-24-21(20(14)28-23)16-5-3-4-6-19(16)31-2/h3-7,9,12,15,17-18H,8,10-11,13H2,1-2H3,(H,26,30)(H,25,27,28). The minimum atomic E-state index is -0.350. The maximum atomic E-state index is 12.7. The highest BCUT2D eigenvalue weighted by Crippen LogP contribution is 2.33. The van der Waals surface area contributed by atoms with Crippen LogP contribution in [0.25, 0.3) is 22.2 Å². The Kier molecular flexibility index (Phi) is 5.15. The summed E-state index contributed by atoms with van der Waals surface area (Å²) in [5.41, 5.74) is 2.31. The Balaban J connectivity index is 1.45. The Morgan fingerprint density at radius 3 is 2.97 bits per heavy atom. The summed E-state index contributed by atoms with van der Waals surface area (Å²) in [6.45, 7) is 2.01. The largest absolute Gasteiger partial charge is 0.496 e. The minimum absolute atomic E-state index is 0.0191. The van der Waals surface area contributed by atoms with Crippen molar-refractivity contribution in [3.63, 3.8) is 0 Å². The molecule has 2 aromatic heterocycles. The lowest BCUT2D eigenvalue weighted by molar-refractivity contribution is -0.126. The second-order valence-corrected chi connectivity index (χ2v) is 8.35. The number of methoxy groups -OCH3 is 1. The van der Waals surface area contributed by atoms with Crippen molar-refractivity contribution in [3.05, 3.63) is 42.7 Å². The van der Waals surface area contributed by atoms with E-state index in [2.05, 4.69) is 32.5 Å². The number of para-hydroxylation sites is 1. The highest BCUT2D eigenvalue weighted by Gasteiger charge is 2.38. The third-order valence-corrected chi connectivity index (χ3v) is 6.28. The summed E-state index contributed by atoms with van der Waals surface area (Å²) in [6, 6.07) is 9.53. The number of hydrogen-bond donors (Lipinski definition) is 2. The molecule has 3 unspecified atom stereocenters. The highest BCUT2D eigenvalue weighted by atomic mass is 16.5. The van der Waals surface area contributed by atoms with Gasteiger partial charge in [-0.2, -0.15) is 0 Å². The number of pyridine rings is 1. The van der Waals surface area contributed by atoms with Gasteiger partial charge in [0.1, 0.15) is 23.0 Å². The Hall–Kier alpha value is -3.26. The topological polar surface area (TPSA) is 92.3 Å². The van der Waals surface area contributed by atoms with E-state index in [1.165, 1.54) is 0 Å². The highest BCUT2D eigenvalue weighted by molar-refractivity contribution is 5.93. The first kappa shape index (κ1) is 19.7. The number of benzene rings is 1. The second-order valence-electron chi connectivity index (χ2n) is 8.35. The number of ether oxygens (including phenoxy) is 1. The summed E-state index contributed by atoms with van der Waals surface area (Å²) in [5, 5.41) is 7.33. The van der Waals surface area contributed by atoms with E-state index < -0.39 is 0 Å². The summed E-state index contributed by atoms with van der Waals surface area (Å²) in [4.78, 5) is 28.8. The molecule has 2 N–H and O–H groups in total. The lowest BCUT2D eigenvalue weighted by Crippen LogP contribution is -2.59. The van der Waals surface area contributed by atoms with E-state index in [1.54, 1.807) is 19.5 Å². The van der Waals surface area contributed by atoms with E-state index in [-0.39, 0.29) is 18.0 Å². The first-order valence-electron chi connectivity index (χ1n) is 10.6. The molecule has 2 aliphatic rings. The van der Waals surface area contributed by atoms with Crippen LogP contribution in [0.3, 0.4) is 0 Å². The van der Waals surface area contributed by atoms with Crippen molar-refractivity contribution in [2.24, 2.45) is 5.92 Å². The monoisotopic (exact) mass is 418 g/mol. The van der Waals surface area contributed by atoms with Crippen LogP contribution in [0.4, 0.5) is 5.95 Å². The first-order valence-corrected chi connectivity index (χ1v) is 10.6. The van der Waals surface area contributed by atoms with Crippen LogP contribution in [-0.2, 0) is 4.79 Å². The fraction of sp³-hybridized carbons (Fsp3) is 0.391. The third-order valence-electron chi connectivity index (χ3n) is 6.28. The van der Waals surface area contributed by atoms with E-state index in [9.17, 15) is 4.79 Å². The molecule has 1 amide bonds. The molecule has 2 saturated heterocycles. The fourth-order valence-electron chi connectivity index (χ4n) is 4.68. The van der Waals surface area contributed by atoms with Crippen molar-refractivity contribution in [2.75, 3.05) is 32.6 Å². The van der Waals surface area contributed by atoms with Gasteiger partial charge in [0.05, 0.1) is 7.11 Å². The average Bonchev–Trinajstić information content (AvgIpc) is 2.79. The molecule has 31 heavy (non-hydrogen) atoms. The van der Waals surface area contributed by atoms with Crippen molar-refractivity contribution in [3.8, 4) is 17.0 Å². The number of aromatic nitrogens is 3. The summed E-state index contributed by atoms with van der Waals surface area (Å²) < 4.78 is 5.52. The summed E-state index contributed by atoms with van der Waals surface area (Å²) >= 11 is 0. The SMILES string of the molecule is COc1ccccc1-c1nccc2cnc(NC3CC4CN(C)CCC4NC3=O)nc12. The molecule has 8 nitrogen and oxygen atoms in total. The van der Waals surface area contributed by atoms with E-state index in [4.69, 9.17) is 9.72 Å². The molecule has 5 rings (SSSR count). The van der Waals surface area contributed by atoms with Crippen LogP contribution >= 0.6 is 0 Å². The average molecular weight is 419 g/mol. The van der Waals surface area contributed by atoms with Crippen molar-refractivity contribution >= 4 is 22.8 Å². The predicted molar refractivity (Wildman–Crippen MR) is 119 cm³/mol. The van der Waals surface area contributed by atoms with Crippen molar-refractivity contribution in [1.82, 2.24) is 25.2 Å². The third kappa shape index (κ3) is 3.79. The van der Waals surface area contributed by atoms with Crippen LogP contribution in [-0.4, -0.2) is 65.1 Å². The molecule has 160 valence electrons. The number of rotatable bonds is 4. The molecule has 1 aromatic carbocycles. The molecule has 0 radical (unpaired) electrons. The number of piperidine rings is 2. The minimum Gasteiger partial charge on any atom is -0.496 e. The predicted octanol–water partition coefficient (Wildman–Crippen LogP) is 2.32. The number of fused-ring (bicyclic) bond motifs is 2. The van der Waals surface area contributed by atoms with Gasteiger partial charge in [-0.3, -0.25) is 9.78 Å². The van der Waals surface area contributed by atoms with E-state index in [0.717, 1.165) is 53.8 Å². The molecule has 2 fully saturated rings. The zero-order valence-electron chi connectivity index (χ0n) is 17.7. The van der Waals surface area contributed by atoms with Gasteiger partial charge in [-0.1, -0.05) is 12.1 Å². The first-order chi connectivity index (χ1) is 15.1. The lowest BCUT2D eigenvalue weighted by atomic mass is 9.83. The molecular formula is C23H26N6O2. The molecule has 4 heterocycles. The zero-order valence-corrected chi connectivity index (χ0v) is 17.7. The lowest BCUT2D eigenvalue weighted by Gasteiger charge is -2.42. The number of carbonyl (C=O) groups is 1. The summed E-state index contributed by atoms with van der Waals surface area (Å²) in [7, 11) is 3.78. The molecule has 0 spiro atoms. The molecule has 2 aliphatic heterocycles.